The molecule has 122 valence electrons. The van der Waals surface area contributed by atoms with Crippen molar-refractivity contribution in [3.8, 4) is 5.75 Å². The number of carbonyl (C=O) groups excluding carboxylic acids is 2. The van der Waals surface area contributed by atoms with Gasteiger partial charge < -0.3 is 14.6 Å². The average Bonchev–Trinajstić information content (AvgIpc) is 2.89. The van der Waals surface area contributed by atoms with Gasteiger partial charge in [0.15, 0.2) is 5.78 Å². The van der Waals surface area contributed by atoms with Crippen LogP contribution in [0.3, 0.4) is 0 Å². The Balaban J connectivity index is 1.91. The third-order valence-corrected chi connectivity index (χ3v) is 3.34. The van der Waals surface area contributed by atoms with Crippen LogP contribution < -0.4 is 10.1 Å². The molecule has 0 fully saturated rings. The van der Waals surface area contributed by atoms with E-state index in [-0.39, 0.29) is 30.2 Å². The van der Waals surface area contributed by atoms with Gasteiger partial charge in [-0.05, 0) is 44.2 Å². The number of Topliss-reactive ketones (excluding diaryl/α,β-unsaturated/α-hetero) is 1. The molecule has 6 heteroatoms. The Hall–Kier alpha value is -2.63. The van der Waals surface area contributed by atoms with E-state index in [9.17, 15) is 14.0 Å². The number of nitrogens with one attached hydrogen (secondary N) is 1. The van der Waals surface area contributed by atoms with E-state index in [1.807, 2.05) is 0 Å². The molecule has 0 bridgehead atoms. The largest absolute Gasteiger partial charge is 0.491 e. The van der Waals surface area contributed by atoms with Crippen molar-refractivity contribution in [1.29, 1.82) is 0 Å². The number of halogens is 1. The summed E-state index contributed by atoms with van der Waals surface area (Å²) >= 11 is 0. The molecule has 1 aromatic carbocycles. The summed E-state index contributed by atoms with van der Waals surface area (Å²) in [5, 5.41) is 2.80. The molecule has 2 aromatic rings. The predicted octanol–water partition coefficient (Wildman–Crippen LogP) is 2.56. The molecule has 1 heterocycles. The highest BCUT2D eigenvalue weighted by molar-refractivity contribution is 5.99. The van der Waals surface area contributed by atoms with E-state index in [1.165, 1.54) is 31.2 Å². The van der Waals surface area contributed by atoms with Gasteiger partial charge in [-0.3, -0.25) is 9.59 Å². The van der Waals surface area contributed by atoms with Crippen LogP contribution in [-0.4, -0.2) is 28.9 Å². The SMILES string of the molecule is CC(=O)c1cc(C(=O)N[C@@H](C)COc2ccc(F)cc2)n(C)c1. The predicted molar refractivity (Wildman–Crippen MR) is 84.2 cm³/mol. The zero-order valence-electron chi connectivity index (χ0n) is 13.3. The fraction of sp³-hybridized carbons (Fsp3) is 0.294. The van der Waals surface area contributed by atoms with Crippen molar-refractivity contribution in [2.45, 2.75) is 19.9 Å². The third-order valence-electron chi connectivity index (χ3n) is 3.34. The van der Waals surface area contributed by atoms with Crippen molar-refractivity contribution in [3.63, 3.8) is 0 Å². The zero-order chi connectivity index (χ0) is 17.0. The highest BCUT2D eigenvalue weighted by Gasteiger charge is 2.16. The van der Waals surface area contributed by atoms with Crippen molar-refractivity contribution in [3.05, 3.63) is 53.6 Å². The molecule has 5 nitrogen and oxygen atoms in total. The van der Waals surface area contributed by atoms with Crippen LogP contribution in [0.1, 0.15) is 34.7 Å². The van der Waals surface area contributed by atoms with Crippen LogP contribution in [0.4, 0.5) is 4.39 Å². The highest BCUT2D eigenvalue weighted by atomic mass is 19.1. The molecule has 0 radical (unpaired) electrons. The van der Waals surface area contributed by atoms with Crippen LogP contribution in [0.2, 0.25) is 0 Å². The molecule has 0 saturated heterocycles. The van der Waals surface area contributed by atoms with E-state index in [2.05, 4.69) is 5.32 Å². The number of ketones is 1. The zero-order valence-corrected chi connectivity index (χ0v) is 13.3. The molecular weight excluding hydrogens is 299 g/mol. The fourth-order valence-electron chi connectivity index (χ4n) is 2.07. The van der Waals surface area contributed by atoms with Gasteiger partial charge in [0.25, 0.3) is 5.91 Å². The van der Waals surface area contributed by atoms with Crippen LogP contribution >= 0.6 is 0 Å². The molecule has 23 heavy (non-hydrogen) atoms. The Morgan fingerprint density at radius 1 is 1.30 bits per heavy atom. The standard InChI is InChI=1S/C17H19FN2O3/c1-11(10-23-15-6-4-14(18)5-7-15)19-17(22)16-8-13(12(2)21)9-20(16)3/h4-9,11H,10H2,1-3H3,(H,19,22)/t11-/m0/s1. The van der Waals surface area contributed by atoms with Gasteiger partial charge in [-0.15, -0.1) is 0 Å². The molecular formula is C17H19FN2O3. The van der Waals surface area contributed by atoms with E-state index in [4.69, 9.17) is 4.74 Å². The average molecular weight is 318 g/mol. The first-order valence-corrected chi connectivity index (χ1v) is 7.23. The van der Waals surface area contributed by atoms with Gasteiger partial charge in [-0.25, -0.2) is 4.39 Å². The number of ether oxygens (including phenoxy) is 1. The minimum absolute atomic E-state index is 0.0904. The molecule has 1 N–H and O–H groups in total. The van der Waals surface area contributed by atoms with E-state index < -0.39 is 0 Å². The number of rotatable bonds is 6. The Kier molecular flexibility index (Phi) is 5.16. The summed E-state index contributed by atoms with van der Waals surface area (Å²) in [5.74, 6) is -0.170. The molecule has 1 amide bonds. The fourth-order valence-corrected chi connectivity index (χ4v) is 2.07. The minimum atomic E-state index is -0.330. The van der Waals surface area contributed by atoms with Crippen molar-refractivity contribution in [2.24, 2.45) is 7.05 Å². The molecule has 0 spiro atoms. The lowest BCUT2D eigenvalue weighted by molar-refractivity contribution is 0.0918. The minimum Gasteiger partial charge on any atom is -0.491 e. The van der Waals surface area contributed by atoms with E-state index >= 15 is 0 Å². The highest BCUT2D eigenvalue weighted by Crippen LogP contribution is 2.12. The van der Waals surface area contributed by atoms with Crippen molar-refractivity contribution >= 4 is 11.7 Å². The lowest BCUT2D eigenvalue weighted by Gasteiger charge is -2.15. The summed E-state index contributed by atoms with van der Waals surface area (Å²) in [6, 6.07) is 6.99. The normalized spacial score (nSPS) is 11.8. The van der Waals surface area contributed by atoms with Gasteiger partial charge >= 0.3 is 0 Å². The Bertz CT molecular complexity index is 707. The molecule has 2 rings (SSSR count). The summed E-state index contributed by atoms with van der Waals surface area (Å²) in [7, 11) is 1.71. The summed E-state index contributed by atoms with van der Waals surface area (Å²) < 4.78 is 19.9. The number of hydrogen-bond acceptors (Lipinski definition) is 3. The summed E-state index contributed by atoms with van der Waals surface area (Å²) in [4.78, 5) is 23.6. The summed E-state index contributed by atoms with van der Waals surface area (Å²) in [5.41, 5.74) is 0.900. The number of carbonyl (C=O) groups is 2. The maximum Gasteiger partial charge on any atom is 0.268 e. The summed E-state index contributed by atoms with van der Waals surface area (Å²) in [6.45, 7) is 3.51. The first kappa shape index (κ1) is 16.7. The molecule has 0 aliphatic rings. The smallest absolute Gasteiger partial charge is 0.268 e. The van der Waals surface area contributed by atoms with Crippen molar-refractivity contribution in [1.82, 2.24) is 9.88 Å². The second kappa shape index (κ2) is 7.09. The quantitative estimate of drug-likeness (QED) is 0.833. The molecule has 0 saturated carbocycles. The van der Waals surface area contributed by atoms with Gasteiger partial charge in [-0.1, -0.05) is 0 Å². The maximum atomic E-state index is 12.8. The van der Waals surface area contributed by atoms with Gasteiger partial charge in [0.05, 0.1) is 6.04 Å². The summed E-state index contributed by atoms with van der Waals surface area (Å²) in [6.07, 6.45) is 1.62. The topological polar surface area (TPSA) is 60.3 Å². The second-order valence-electron chi connectivity index (χ2n) is 5.42. The maximum absolute atomic E-state index is 12.8. The number of aromatic nitrogens is 1. The van der Waals surface area contributed by atoms with Gasteiger partial charge in [0.1, 0.15) is 23.9 Å². The number of amides is 1. The van der Waals surface area contributed by atoms with Gasteiger partial charge in [-0.2, -0.15) is 0 Å². The molecule has 1 aromatic heterocycles. The Morgan fingerprint density at radius 3 is 2.52 bits per heavy atom. The van der Waals surface area contributed by atoms with Crippen LogP contribution in [0, 0.1) is 5.82 Å². The number of nitrogens with zero attached hydrogens (tertiary/aromatic N) is 1. The number of benzene rings is 1. The van der Waals surface area contributed by atoms with Crippen molar-refractivity contribution < 1.29 is 18.7 Å². The first-order valence-electron chi connectivity index (χ1n) is 7.23. The van der Waals surface area contributed by atoms with E-state index in [0.717, 1.165) is 0 Å². The molecule has 0 aliphatic carbocycles. The van der Waals surface area contributed by atoms with Gasteiger partial charge in [0, 0.05) is 18.8 Å². The Labute approximate surface area is 134 Å². The third kappa shape index (κ3) is 4.42. The van der Waals surface area contributed by atoms with Crippen LogP contribution in [0.5, 0.6) is 5.75 Å². The Morgan fingerprint density at radius 2 is 1.96 bits per heavy atom. The molecule has 0 aliphatic heterocycles. The lowest BCUT2D eigenvalue weighted by atomic mass is 10.2. The van der Waals surface area contributed by atoms with Crippen molar-refractivity contribution in [2.75, 3.05) is 6.61 Å². The number of aryl methyl sites for hydroxylation is 1. The van der Waals surface area contributed by atoms with Gasteiger partial charge in [0.2, 0.25) is 0 Å². The number of hydrogen-bond donors (Lipinski definition) is 1. The van der Waals surface area contributed by atoms with E-state index in [1.54, 1.807) is 30.8 Å². The first-order chi connectivity index (χ1) is 10.9. The van der Waals surface area contributed by atoms with E-state index in [0.29, 0.717) is 17.0 Å². The molecule has 0 unspecified atom stereocenters. The molecule has 1 atom stereocenters. The second-order valence-corrected chi connectivity index (χ2v) is 5.42. The lowest BCUT2D eigenvalue weighted by Crippen LogP contribution is -2.37. The van der Waals surface area contributed by atoms with Crippen LogP contribution in [0.25, 0.3) is 0 Å². The monoisotopic (exact) mass is 318 g/mol. The van der Waals surface area contributed by atoms with Crippen LogP contribution in [0.15, 0.2) is 36.5 Å². The van der Waals surface area contributed by atoms with Crippen LogP contribution in [-0.2, 0) is 7.05 Å².